The predicted octanol–water partition coefficient (Wildman–Crippen LogP) is 24.0. The predicted molar refractivity (Wildman–Crippen MR) is 372 cm³/mol. The van der Waals surface area contributed by atoms with Crippen molar-refractivity contribution in [2.24, 2.45) is 0 Å². The minimum Gasteiger partial charge on any atom is -0.756 e. The second kappa shape index (κ2) is 67.4. The Morgan fingerprint density at radius 3 is 0.976 bits per heavy atom. The Bertz CT molecular complexity index is 1430. The lowest BCUT2D eigenvalue weighted by atomic mass is 10.0. The normalized spacial score (nSPS) is 13.6. The quantitative estimate of drug-likeness (QED) is 0.0272. The monoisotopic (exact) mass is 1220 g/mol. The number of allylic oxidation sites excluding steroid dienone is 4. The number of phosphoric acid groups is 1. The largest absolute Gasteiger partial charge is 0.756 e. The maximum Gasteiger partial charge on any atom is 0.268 e. The number of rotatable bonds is 72. The van der Waals surface area contributed by atoms with Crippen molar-refractivity contribution in [3.63, 3.8) is 0 Å². The number of amides is 1. The Balaban J connectivity index is 3.91. The first-order valence-corrected chi connectivity index (χ1v) is 39.6. The van der Waals surface area contributed by atoms with E-state index >= 15 is 0 Å². The van der Waals surface area contributed by atoms with Gasteiger partial charge in [0.2, 0.25) is 5.91 Å². The van der Waals surface area contributed by atoms with Crippen LogP contribution in [0.15, 0.2) is 24.3 Å². The van der Waals surface area contributed by atoms with Crippen LogP contribution in [-0.4, -0.2) is 68.5 Å². The number of quaternary nitrogens is 1. The minimum absolute atomic E-state index is 0.0157. The van der Waals surface area contributed by atoms with E-state index in [0.29, 0.717) is 23.9 Å². The highest BCUT2D eigenvalue weighted by atomic mass is 31.2. The smallest absolute Gasteiger partial charge is 0.268 e. The van der Waals surface area contributed by atoms with E-state index in [1.54, 1.807) is 0 Å². The molecular weight excluding hydrogens is 1070 g/mol. The maximum absolute atomic E-state index is 13.1. The molecule has 0 aromatic heterocycles. The van der Waals surface area contributed by atoms with Crippen molar-refractivity contribution >= 4 is 13.7 Å². The first-order valence-electron chi connectivity index (χ1n) is 38.2. The van der Waals surface area contributed by atoms with Crippen LogP contribution in [0.2, 0.25) is 0 Å². The SMILES string of the molecule is CCCCCCC/C=C\C/C=C\CCCCCCCCCCCCCCCCCCCCCCCCCCCC(=O)NC(COP(=O)([O-])OCC[N+](C)(C)C)C(O)CCCCCCCCCCCCCCCCCCCCCCCCCCCC. The summed E-state index contributed by atoms with van der Waals surface area (Å²) in [5.74, 6) is -0.154. The van der Waals surface area contributed by atoms with Gasteiger partial charge in [-0.2, -0.15) is 0 Å². The molecule has 9 heteroatoms. The van der Waals surface area contributed by atoms with Crippen molar-refractivity contribution in [1.82, 2.24) is 5.32 Å². The summed E-state index contributed by atoms with van der Waals surface area (Å²) in [5, 5.41) is 14.1. The molecule has 0 bridgehead atoms. The van der Waals surface area contributed by atoms with Gasteiger partial charge in [-0.15, -0.1) is 0 Å². The van der Waals surface area contributed by atoms with Crippen LogP contribution in [0.5, 0.6) is 0 Å². The number of carbonyl (C=O) groups excluding carboxylic acids is 1. The summed E-state index contributed by atoms with van der Waals surface area (Å²) in [4.78, 5) is 25.7. The summed E-state index contributed by atoms with van der Waals surface area (Å²) in [6, 6.07) is -0.799. The molecule has 85 heavy (non-hydrogen) atoms. The number of hydrogen-bond donors (Lipinski definition) is 2. The van der Waals surface area contributed by atoms with E-state index < -0.39 is 20.0 Å². The van der Waals surface area contributed by atoms with Crippen LogP contribution >= 0.6 is 7.82 Å². The van der Waals surface area contributed by atoms with Crippen LogP contribution in [0.4, 0.5) is 0 Å². The Morgan fingerprint density at radius 1 is 0.412 bits per heavy atom. The second-order valence-corrected chi connectivity index (χ2v) is 29.1. The average molecular weight is 1220 g/mol. The lowest BCUT2D eigenvalue weighted by Crippen LogP contribution is -2.46. The van der Waals surface area contributed by atoms with Gasteiger partial charge in [0.05, 0.1) is 39.9 Å². The summed E-state index contributed by atoms with van der Waals surface area (Å²) in [5.41, 5.74) is 0. The molecule has 1 amide bonds. The van der Waals surface area contributed by atoms with Crippen LogP contribution in [0.1, 0.15) is 406 Å². The molecule has 0 fully saturated rings. The van der Waals surface area contributed by atoms with Gasteiger partial charge < -0.3 is 28.8 Å². The number of unbranched alkanes of at least 4 members (excludes halogenated alkanes) is 55. The number of nitrogens with zero attached hydrogens (tertiary/aromatic N) is 1. The molecule has 3 unspecified atom stereocenters. The Labute approximate surface area is 532 Å². The molecule has 0 saturated heterocycles. The number of hydrogen-bond acceptors (Lipinski definition) is 6. The third-order valence-electron chi connectivity index (χ3n) is 17.9. The zero-order valence-electron chi connectivity index (χ0n) is 58.1. The molecule has 0 saturated carbocycles. The van der Waals surface area contributed by atoms with Crippen molar-refractivity contribution in [1.29, 1.82) is 0 Å². The standard InChI is InChI=1S/C76H151N2O6P/c1-6-8-10-12-14-16-18-20-22-24-26-28-30-32-34-35-36-37-38-39-40-41-42-43-44-46-48-50-52-54-56-58-60-62-64-66-68-70-76(80)77-74(73-84-85(81,82)83-72-71-78(3,4)5)75(79)69-67-65-63-61-59-57-55-53-51-49-47-45-33-31-29-27-25-23-21-19-17-15-13-11-9-7-2/h18,20,24,26,74-75,79H,6-17,19,21-23,25,27-73H2,1-5H3,(H-,77,80,81,82)/b20-18-,26-24-. The third-order valence-corrected chi connectivity index (χ3v) is 18.9. The zero-order valence-corrected chi connectivity index (χ0v) is 59.0. The van der Waals surface area contributed by atoms with Gasteiger partial charge in [0, 0.05) is 6.42 Å². The lowest BCUT2D eigenvalue weighted by molar-refractivity contribution is -0.870. The molecule has 0 rings (SSSR count). The Kier molecular flexibility index (Phi) is 66.6. The summed E-state index contributed by atoms with van der Waals surface area (Å²) in [6.07, 6.45) is 88.6. The van der Waals surface area contributed by atoms with Crippen LogP contribution in [0, 0.1) is 0 Å². The molecule has 0 aliphatic heterocycles. The number of aliphatic hydroxyl groups excluding tert-OH is 1. The first kappa shape index (κ1) is 84.0. The molecule has 0 aromatic carbocycles. The maximum atomic E-state index is 13.1. The second-order valence-electron chi connectivity index (χ2n) is 27.7. The Hall–Kier alpha value is -1.02. The molecule has 0 heterocycles. The summed E-state index contributed by atoms with van der Waals surface area (Å²) < 4.78 is 23.6. The van der Waals surface area contributed by atoms with E-state index in [9.17, 15) is 19.4 Å². The molecule has 2 N–H and O–H groups in total. The summed E-state index contributed by atoms with van der Waals surface area (Å²) in [7, 11) is 1.33. The molecule has 0 aromatic rings. The van der Waals surface area contributed by atoms with Crippen LogP contribution < -0.4 is 10.2 Å². The number of aliphatic hydroxyl groups is 1. The van der Waals surface area contributed by atoms with Gasteiger partial charge in [0.1, 0.15) is 13.2 Å². The molecule has 0 spiro atoms. The van der Waals surface area contributed by atoms with Gasteiger partial charge in [-0.05, 0) is 44.9 Å². The number of nitrogens with one attached hydrogen (secondary N) is 1. The molecule has 0 radical (unpaired) electrons. The van der Waals surface area contributed by atoms with Crippen molar-refractivity contribution in [2.45, 2.75) is 418 Å². The average Bonchev–Trinajstić information content (AvgIpc) is 3.49. The van der Waals surface area contributed by atoms with Gasteiger partial charge in [0.15, 0.2) is 0 Å². The van der Waals surface area contributed by atoms with Crippen LogP contribution in [-0.2, 0) is 18.4 Å². The van der Waals surface area contributed by atoms with Gasteiger partial charge in [0.25, 0.3) is 7.82 Å². The molecule has 0 aliphatic carbocycles. The number of likely N-dealkylation sites (N-methyl/N-ethyl adjacent to an activating group) is 1. The number of phosphoric ester groups is 1. The molecule has 0 aliphatic rings. The highest BCUT2D eigenvalue weighted by molar-refractivity contribution is 7.45. The highest BCUT2D eigenvalue weighted by Crippen LogP contribution is 2.38. The van der Waals surface area contributed by atoms with Crippen LogP contribution in [0.3, 0.4) is 0 Å². The van der Waals surface area contributed by atoms with Crippen molar-refractivity contribution in [2.75, 3.05) is 40.9 Å². The molecule has 3 atom stereocenters. The van der Waals surface area contributed by atoms with Crippen molar-refractivity contribution < 1.29 is 32.9 Å². The topological polar surface area (TPSA) is 108 Å². The van der Waals surface area contributed by atoms with E-state index in [-0.39, 0.29) is 19.1 Å². The molecule has 8 nitrogen and oxygen atoms in total. The van der Waals surface area contributed by atoms with Gasteiger partial charge in [-0.1, -0.05) is 378 Å². The fourth-order valence-corrected chi connectivity index (χ4v) is 12.7. The first-order chi connectivity index (χ1) is 41.5. The van der Waals surface area contributed by atoms with E-state index in [0.717, 1.165) is 44.9 Å². The minimum atomic E-state index is -4.58. The van der Waals surface area contributed by atoms with Gasteiger partial charge >= 0.3 is 0 Å². The van der Waals surface area contributed by atoms with E-state index in [4.69, 9.17) is 9.05 Å². The number of carbonyl (C=O) groups is 1. The van der Waals surface area contributed by atoms with E-state index in [2.05, 4.69) is 43.5 Å². The molecule has 506 valence electrons. The summed E-state index contributed by atoms with van der Waals surface area (Å²) in [6.45, 7) is 4.78. The van der Waals surface area contributed by atoms with Crippen molar-refractivity contribution in [3.8, 4) is 0 Å². The fraction of sp³-hybridized carbons (Fsp3) is 0.934. The fourth-order valence-electron chi connectivity index (χ4n) is 12.0. The summed E-state index contributed by atoms with van der Waals surface area (Å²) >= 11 is 0. The van der Waals surface area contributed by atoms with Gasteiger partial charge in [-0.3, -0.25) is 9.36 Å². The zero-order chi connectivity index (χ0) is 61.9. The van der Waals surface area contributed by atoms with Crippen molar-refractivity contribution in [3.05, 3.63) is 24.3 Å². The lowest BCUT2D eigenvalue weighted by Gasteiger charge is -2.30. The van der Waals surface area contributed by atoms with E-state index in [1.165, 1.54) is 334 Å². The third kappa shape index (κ3) is 70.3. The molecular formula is C76H151N2O6P. The van der Waals surface area contributed by atoms with Gasteiger partial charge in [-0.25, -0.2) is 0 Å². The van der Waals surface area contributed by atoms with E-state index in [1.807, 2.05) is 21.1 Å². The van der Waals surface area contributed by atoms with Crippen LogP contribution in [0.25, 0.3) is 0 Å². The highest BCUT2D eigenvalue weighted by Gasteiger charge is 2.24. The Morgan fingerprint density at radius 2 is 0.682 bits per heavy atom.